The molecule has 1 aliphatic heterocycles. The second kappa shape index (κ2) is 3.87. The van der Waals surface area contributed by atoms with Crippen LogP contribution in [0, 0.1) is 0 Å². The van der Waals surface area contributed by atoms with Gasteiger partial charge in [0.05, 0.1) is 6.54 Å². The third kappa shape index (κ3) is 2.07. The summed E-state index contributed by atoms with van der Waals surface area (Å²) in [7, 11) is 0. The molecule has 15 heavy (non-hydrogen) atoms. The lowest BCUT2D eigenvalue weighted by molar-refractivity contribution is -0.137. The van der Waals surface area contributed by atoms with Crippen molar-refractivity contribution in [1.82, 2.24) is 4.90 Å². The molecule has 1 aromatic rings. The van der Waals surface area contributed by atoms with Crippen molar-refractivity contribution in [3.05, 3.63) is 47.0 Å². The molecule has 1 aliphatic rings. The average molecular weight is 222 g/mol. The molecule has 0 aliphatic carbocycles. The Hall–Kier alpha value is -1.61. The Morgan fingerprint density at radius 1 is 1.00 bits per heavy atom. The van der Waals surface area contributed by atoms with Crippen LogP contribution < -0.4 is 0 Å². The summed E-state index contributed by atoms with van der Waals surface area (Å²) < 4.78 is 0. The van der Waals surface area contributed by atoms with Gasteiger partial charge < -0.3 is 0 Å². The van der Waals surface area contributed by atoms with Crippen LogP contribution in [0.3, 0.4) is 0 Å². The minimum Gasteiger partial charge on any atom is -0.271 e. The molecule has 0 unspecified atom stereocenters. The zero-order valence-electron chi connectivity index (χ0n) is 7.81. The highest BCUT2D eigenvalue weighted by Crippen LogP contribution is 2.13. The topological polar surface area (TPSA) is 37.4 Å². The summed E-state index contributed by atoms with van der Waals surface area (Å²) >= 11 is 5.73. The number of halogens is 1. The molecule has 0 saturated carbocycles. The molecule has 76 valence electrons. The fraction of sp³-hybridized carbons (Fsp3) is 0.0909. The van der Waals surface area contributed by atoms with Crippen LogP contribution in [0.5, 0.6) is 0 Å². The number of amides is 2. The maximum Gasteiger partial charge on any atom is 0.253 e. The summed E-state index contributed by atoms with van der Waals surface area (Å²) in [5, 5.41) is 0.635. The molecule has 0 radical (unpaired) electrons. The molecule has 0 saturated heterocycles. The quantitative estimate of drug-likeness (QED) is 0.714. The highest BCUT2D eigenvalue weighted by molar-refractivity contribution is 6.30. The highest BCUT2D eigenvalue weighted by atomic mass is 35.5. The maximum atomic E-state index is 11.2. The maximum absolute atomic E-state index is 11.2. The Morgan fingerprint density at radius 3 is 2.07 bits per heavy atom. The van der Waals surface area contributed by atoms with E-state index in [1.54, 1.807) is 24.3 Å². The Kier molecular flexibility index (Phi) is 2.56. The van der Waals surface area contributed by atoms with E-state index < -0.39 is 0 Å². The summed E-state index contributed by atoms with van der Waals surface area (Å²) in [5.41, 5.74) is 0.879. The monoisotopic (exact) mass is 221 g/mol. The summed E-state index contributed by atoms with van der Waals surface area (Å²) in [6.45, 7) is 0.293. The molecule has 1 heterocycles. The van der Waals surface area contributed by atoms with Crippen molar-refractivity contribution >= 4 is 23.4 Å². The predicted octanol–water partition coefficient (Wildman–Crippen LogP) is 1.77. The molecular weight excluding hydrogens is 214 g/mol. The molecule has 0 bridgehead atoms. The fourth-order valence-electron chi connectivity index (χ4n) is 1.36. The zero-order chi connectivity index (χ0) is 10.8. The Labute approximate surface area is 91.9 Å². The molecule has 0 aromatic heterocycles. The summed E-state index contributed by atoms with van der Waals surface area (Å²) in [6, 6.07) is 7.05. The van der Waals surface area contributed by atoms with E-state index in [1.807, 2.05) is 0 Å². The zero-order valence-corrected chi connectivity index (χ0v) is 8.57. The van der Waals surface area contributed by atoms with Gasteiger partial charge in [0.15, 0.2) is 0 Å². The number of hydrogen-bond acceptors (Lipinski definition) is 2. The SMILES string of the molecule is O=C1C=CC(=O)N1Cc1ccc(Cl)cc1. The van der Waals surface area contributed by atoms with Crippen LogP contribution >= 0.6 is 11.6 Å². The minimum absolute atomic E-state index is 0.269. The first-order valence-corrected chi connectivity index (χ1v) is 4.82. The van der Waals surface area contributed by atoms with E-state index in [2.05, 4.69) is 0 Å². The summed E-state index contributed by atoms with van der Waals surface area (Å²) in [5.74, 6) is -0.537. The fourth-order valence-corrected chi connectivity index (χ4v) is 1.49. The van der Waals surface area contributed by atoms with Crippen LogP contribution in [0.2, 0.25) is 5.02 Å². The lowest BCUT2D eigenvalue weighted by atomic mass is 10.2. The van der Waals surface area contributed by atoms with Crippen LogP contribution in [0.4, 0.5) is 0 Å². The molecule has 0 fully saturated rings. The molecule has 0 atom stereocenters. The van der Waals surface area contributed by atoms with Gasteiger partial charge in [-0.1, -0.05) is 23.7 Å². The Balaban J connectivity index is 2.12. The van der Waals surface area contributed by atoms with Crippen molar-refractivity contribution in [2.45, 2.75) is 6.54 Å². The van der Waals surface area contributed by atoms with E-state index >= 15 is 0 Å². The standard InChI is InChI=1S/C11H8ClNO2/c12-9-3-1-8(2-4-9)7-13-10(14)5-6-11(13)15/h1-6H,7H2. The molecule has 0 N–H and O–H groups in total. The van der Waals surface area contributed by atoms with Gasteiger partial charge in [-0.25, -0.2) is 0 Å². The lowest BCUT2D eigenvalue weighted by Gasteiger charge is -2.13. The van der Waals surface area contributed by atoms with Crippen LogP contribution in [-0.2, 0) is 16.1 Å². The molecule has 2 rings (SSSR count). The first-order valence-electron chi connectivity index (χ1n) is 4.45. The van der Waals surface area contributed by atoms with E-state index in [1.165, 1.54) is 17.1 Å². The Morgan fingerprint density at radius 2 is 1.53 bits per heavy atom. The smallest absolute Gasteiger partial charge is 0.253 e. The number of rotatable bonds is 2. The van der Waals surface area contributed by atoms with Gasteiger partial charge in [0.2, 0.25) is 0 Å². The van der Waals surface area contributed by atoms with Crippen LogP contribution in [0.25, 0.3) is 0 Å². The van der Waals surface area contributed by atoms with E-state index in [0.717, 1.165) is 5.56 Å². The first kappa shape index (κ1) is 9.93. The van der Waals surface area contributed by atoms with Crippen molar-refractivity contribution in [1.29, 1.82) is 0 Å². The summed E-state index contributed by atoms with van der Waals surface area (Å²) in [6.07, 6.45) is 2.55. The van der Waals surface area contributed by atoms with Gasteiger partial charge in [-0.2, -0.15) is 0 Å². The van der Waals surface area contributed by atoms with Crippen LogP contribution in [-0.4, -0.2) is 16.7 Å². The third-order valence-electron chi connectivity index (χ3n) is 2.15. The third-order valence-corrected chi connectivity index (χ3v) is 2.41. The molecule has 3 nitrogen and oxygen atoms in total. The van der Waals surface area contributed by atoms with Crippen molar-refractivity contribution in [3.63, 3.8) is 0 Å². The molecular formula is C11H8ClNO2. The van der Waals surface area contributed by atoms with Crippen LogP contribution in [0.1, 0.15) is 5.56 Å². The number of carbonyl (C=O) groups excluding carboxylic acids is 2. The molecule has 1 aromatic carbocycles. The van der Waals surface area contributed by atoms with E-state index in [9.17, 15) is 9.59 Å². The van der Waals surface area contributed by atoms with Crippen molar-refractivity contribution < 1.29 is 9.59 Å². The van der Waals surface area contributed by atoms with Gasteiger partial charge in [-0.15, -0.1) is 0 Å². The van der Waals surface area contributed by atoms with Gasteiger partial charge in [0.25, 0.3) is 11.8 Å². The van der Waals surface area contributed by atoms with Gasteiger partial charge in [0.1, 0.15) is 0 Å². The van der Waals surface area contributed by atoms with E-state index in [-0.39, 0.29) is 11.8 Å². The normalized spacial score (nSPS) is 15.1. The number of benzene rings is 1. The Bertz CT molecular complexity index is 418. The summed E-state index contributed by atoms with van der Waals surface area (Å²) in [4.78, 5) is 23.7. The second-order valence-corrected chi connectivity index (χ2v) is 3.66. The van der Waals surface area contributed by atoms with Gasteiger partial charge in [-0.3, -0.25) is 14.5 Å². The second-order valence-electron chi connectivity index (χ2n) is 3.22. The molecule has 4 heteroatoms. The minimum atomic E-state index is -0.269. The highest BCUT2D eigenvalue weighted by Gasteiger charge is 2.22. The average Bonchev–Trinajstić information content (AvgIpc) is 2.53. The lowest BCUT2D eigenvalue weighted by Crippen LogP contribution is -2.29. The van der Waals surface area contributed by atoms with Gasteiger partial charge >= 0.3 is 0 Å². The molecule has 2 amide bonds. The number of hydrogen-bond donors (Lipinski definition) is 0. The molecule has 0 spiro atoms. The van der Waals surface area contributed by atoms with E-state index in [0.29, 0.717) is 11.6 Å². The number of imide groups is 1. The van der Waals surface area contributed by atoms with Gasteiger partial charge in [-0.05, 0) is 17.7 Å². The first-order chi connectivity index (χ1) is 7.16. The number of nitrogens with zero attached hydrogens (tertiary/aromatic N) is 1. The van der Waals surface area contributed by atoms with Crippen molar-refractivity contribution in [2.24, 2.45) is 0 Å². The van der Waals surface area contributed by atoms with Gasteiger partial charge in [0, 0.05) is 17.2 Å². The number of carbonyl (C=O) groups is 2. The van der Waals surface area contributed by atoms with Crippen LogP contribution in [0.15, 0.2) is 36.4 Å². The van der Waals surface area contributed by atoms with Crippen molar-refractivity contribution in [2.75, 3.05) is 0 Å². The van der Waals surface area contributed by atoms with E-state index in [4.69, 9.17) is 11.6 Å². The van der Waals surface area contributed by atoms with Crippen molar-refractivity contribution in [3.8, 4) is 0 Å². The predicted molar refractivity (Wildman–Crippen MR) is 56.1 cm³/mol. The largest absolute Gasteiger partial charge is 0.271 e.